The Morgan fingerprint density at radius 3 is 2.74 bits per heavy atom. The number of carbonyl (C=O) groups is 1. The van der Waals surface area contributed by atoms with Crippen LogP contribution in [0.5, 0.6) is 0 Å². The smallest absolute Gasteiger partial charge is 0.233 e. The highest BCUT2D eigenvalue weighted by molar-refractivity contribution is 7.89. The third kappa shape index (κ3) is 11.7. The van der Waals surface area contributed by atoms with Crippen LogP contribution >= 0.6 is 12.4 Å². The van der Waals surface area contributed by atoms with Crippen LogP contribution in [0.3, 0.4) is 0 Å². The zero-order chi connectivity index (χ0) is 16.3. The molecule has 0 radical (unpaired) electrons. The average molecular weight is 374 g/mol. The van der Waals surface area contributed by atoms with Crippen LogP contribution in [0.1, 0.15) is 19.3 Å². The summed E-state index contributed by atoms with van der Waals surface area (Å²) in [5, 5.41) is 5.44. The van der Waals surface area contributed by atoms with Crippen molar-refractivity contribution < 1.29 is 22.7 Å². The van der Waals surface area contributed by atoms with Crippen LogP contribution in [0.2, 0.25) is 0 Å². The first-order valence-electron chi connectivity index (χ1n) is 7.59. The number of nitrogens with one attached hydrogen (secondary N) is 3. The van der Waals surface area contributed by atoms with Gasteiger partial charge in [0.2, 0.25) is 15.9 Å². The van der Waals surface area contributed by atoms with Crippen molar-refractivity contribution >= 4 is 28.3 Å². The minimum Gasteiger partial charge on any atom is -0.383 e. The molecule has 138 valence electrons. The predicted molar refractivity (Wildman–Crippen MR) is 90.4 cm³/mol. The second-order valence-corrected chi connectivity index (χ2v) is 7.10. The summed E-state index contributed by atoms with van der Waals surface area (Å²) in [4.78, 5) is 11.4. The third-order valence-electron chi connectivity index (χ3n) is 3.27. The molecule has 1 rings (SSSR count). The summed E-state index contributed by atoms with van der Waals surface area (Å²) in [6, 6.07) is 0. The summed E-state index contributed by atoms with van der Waals surface area (Å²) in [6.07, 6.45) is 2.95. The number of methoxy groups -OCH3 is 1. The number of carbonyl (C=O) groups excluding carboxylic acids is 1. The van der Waals surface area contributed by atoms with Crippen LogP contribution in [-0.2, 0) is 24.3 Å². The Balaban J connectivity index is 0.00000484. The summed E-state index contributed by atoms with van der Waals surface area (Å²) in [7, 11) is -1.81. The third-order valence-corrected chi connectivity index (χ3v) is 4.61. The van der Waals surface area contributed by atoms with Gasteiger partial charge in [0.15, 0.2) is 0 Å². The maximum Gasteiger partial charge on any atom is 0.233 e. The molecule has 0 saturated carbocycles. The van der Waals surface area contributed by atoms with E-state index in [1.807, 2.05) is 0 Å². The molecule has 1 aliphatic heterocycles. The number of hydrogen-bond acceptors (Lipinski definition) is 6. The van der Waals surface area contributed by atoms with Crippen molar-refractivity contribution in [2.24, 2.45) is 0 Å². The van der Waals surface area contributed by atoms with E-state index in [9.17, 15) is 13.2 Å². The molecule has 0 aliphatic carbocycles. The summed E-state index contributed by atoms with van der Waals surface area (Å²) >= 11 is 0. The fraction of sp³-hybridized carbons (Fsp3) is 0.923. The molecule has 0 spiro atoms. The molecule has 1 saturated heterocycles. The monoisotopic (exact) mass is 373 g/mol. The molecular formula is C13H28ClN3O5S. The summed E-state index contributed by atoms with van der Waals surface area (Å²) in [6.45, 7) is 2.33. The van der Waals surface area contributed by atoms with E-state index in [1.54, 1.807) is 7.11 Å². The van der Waals surface area contributed by atoms with Gasteiger partial charge in [0.1, 0.15) is 0 Å². The average Bonchev–Trinajstić information content (AvgIpc) is 2.51. The van der Waals surface area contributed by atoms with E-state index in [-0.39, 0.29) is 43.3 Å². The van der Waals surface area contributed by atoms with Crippen molar-refractivity contribution in [1.82, 2.24) is 15.4 Å². The molecule has 0 aromatic rings. The van der Waals surface area contributed by atoms with Gasteiger partial charge in [-0.1, -0.05) is 0 Å². The fourth-order valence-corrected chi connectivity index (χ4v) is 2.98. The van der Waals surface area contributed by atoms with Crippen LogP contribution in [0.15, 0.2) is 0 Å². The van der Waals surface area contributed by atoms with Crippen molar-refractivity contribution in [3.05, 3.63) is 0 Å². The maximum absolute atomic E-state index is 11.8. The quantitative estimate of drug-likeness (QED) is 0.411. The molecule has 10 heteroatoms. The van der Waals surface area contributed by atoms with E-state index >= 15 is 0 Å². The second-order valence-electron chi connectivity index (χ2n) is 5.18. The Bertz CT molecular complexity index is 416. The molecule has 8 nitrogen and oxygen atoms in total. The van der Waals surface area contributed by atoms with E-state index in [0.29, 0.717) is 26.3 Å². The topological polar surface area (TPSA) is 106 Å². The Morgan fingerprint density at radius 2 is 2.09 bits per heavy atom. The fourth-order valence-electron chi connectivity index (χ4n) is 2.02. The summed E-state index contributed by atoms with van der Waals surface area (Å²) in [5.74, 6) is -0.370. The zero-order valence-corrected chi connectivity index (χ0v) is 15.1. The molecule has 1 atom stereocenters. The number of ether oxygens (including phenoxy) is 2. The Kier molecular flexibility index (Phi) is 12.7. The Hall–Kier alpha value is -0.450. The minimum atomic E-state index is -3.39. The van der Waals surface area contributed by atoms with Crippen LogP contribution in [0.25, 0.3) is 0 Å². The van der Waals surface area contributed by atoms with Crippen LogP contribution in [-0.4, -0.2) is 72.7 Å². The first kappa shape index (κ1) is 22.6. The van der Waals surface area contributed by atoms with Gasteiger partial charge >= 0.3 is 0 Å². The molecule has 1 heterocycles. The zero-order valence-electron chi connectivity index (χ0n) is 13.5. The van der Waals surface area contributed by atoms with Gasteiger partial charge in [-0.3, -0.25) is 4.79 Å². The molecule has 1 unspecified atom stereocenters. The molecule has 1 amide bonds. The van der Waals surface area contributed by atoms with E-state index in [4.69, 9.17) is 9.47 Å². The predicted octanol–water partition coefficient (Wildman–Crippen LogP) is -0.751. The van der Waals surface area contributed by atoms with E-state index in [2.05, 4.69) is 15.4 Å². The van der Waals surface area contributed by atoms with Gasteiger partial charge in [-0.15, -0.1) is 12.4 Å². The highest BCUT2D eigenvalue weighted by atomic mass is 35.5. The molecule has 1 fully saturated rings. The van der Waals surface area contributed by atoms with Crippen LogP contribution in [0.4, 0.5) is 0 Å². The van der Waals surface area contributed by atoms with Crippen molar-refractivity contribution in [2.75, 3.05) is 52.3 Å². The van der Waals surface area contributed by atoms with Gasteiger partial charge in [0.25, 0.3) is 0 Å². The number of sulfonamides is 1. The van der Waals surface area contributed by atoms with E-state index in [0.717, 1.165) is 19.3 Å². The van der Waals surface area contributed by atoms with Crippen molar-refractivity contribution in [2.45, 2.75) is 25.4 Å². The van der Waals surface area contributed by atoms with Gasteiger partial charge in [-0.05, 0) is 19.3 Å². The van der Waals surface area contributed by atoms with Gasteiger partial charge in [0.05, 0.1) is 25.0 Å². The first-order chi connectivity index (χ1) is 10.5. The molecule has 1 aliphatic rings. The highest BCUT2D eigenvalue weighted by Gasteiger charge is 2.17. The molecular weight excluding hydrogens is 346 g/mol. The SMILES string of the molecule is COCCNCC(=O)NCCS(=O)(=O)NCC1CCCCO1.Cl. The minimum absolute atomic E-state index is 0. The second kappa shape index (κ2) is 12.9. The van der Waals surface area contributed by atoms with Crippen molar-refractivity contribution in [1.29, 1.82) is 0 Å². The lowest BCUT2D eigenvalue weighted by molar-refractivity contribution is -0.120. The lowest BCUT2D eigenvalue weighted by Crippen LogP contribution is -2.41. The number of hydrogen-bond donors (Lipinski definition) is 3. The first-order valence-corrected chi connectivity index (χ1v) is 9.24. The standard InChI is InChI=1S/C13H27N3O5S.ClH/c1-20-8-5-14-11-13(17)15-6-9-22(18,19)16-10-12-4-2-3-7-21-12;/h12,14,16H,2-11H2,1H3,(H,15,17);1H. The number of halogens is 1. The lowest BCUT2D eigenvalue weighted by atomic mass is 10.1. The summed E-state index contributed by atoms with van der Waals surface area (Å²) in [5.41, 5.74) is 0. The normalized spacial score (nSPS) is 18.2. The molecule has 3 N–H and O–H groups in total. The van der Waals surface area contributed by atoms with Crippen molar-refractivity contribution in [3.8, 4) is 0 Å². The molecule has 23 heavy (non-hydrogen) atoms. The Labute approximate surface area is 144 Å². The largest absolute Gasteiger partial charge is 0.383 e. The van der Waals surface area contributed by atoms with Gasteiger partial charge in [0, 0.05) is 33.4 Å². The molecule has 0 aromatic carbocycles. The molecule has 0 bridgehead atoms. The van der Waals surface area contributed by atoms with Gasteiger partial charge in [-0.25, -0.2) is 13.1 Å². The van der Waals surface area contributed by atoms with Crippen LogP contribution in [0, 0.1) is 0 Å². The van der Waals surface area contributed by atoms with Gasteiger partial charge < -0.3 is 20.1 Å². The molecule has 0 aromatic heterocycles. The lowest BCUT2D eigenvalue weighted by Gasteiger charge is -2.22. The van der Waals surface area contributed by atoms with Crippen LogP contribution < -0.4 is 15.4 Å². The number of rotatable bonds is 11. The highest BCUT2D eigenvalue weighted by Crippen LogP contribution is 2.11. The van der Waals surface area contributed by atoms with E-state index < -0.39 is 10.0 Å². The number of amides is 1. The van der Waals surface area contributed by atoms with E-state index in [1.165, 1.54) is 0 Å². The van der Waals surface area contributed by atoms with Crippen molar-refractivity contribution in [3.63, 3.8) is 0 Å². The maximum atomic E-state index is 11.8. The van der Waals surface area contributed by atoms with Gasteiger partial charge in [-0.2, -0.15) is 0 Å². The summed E-state index contributed by atoms with van der Waals surface area (Å²) < 4.78 is 36.4. The Morgan fingerprint density at radius 1 is 1.30 bits per heavy atom.